The summed E-state index contributed by atoms with van der Waals surface area (Å²) in [5.74, 6) is 1.24. The minimum Gasteiger partial charge on any atom is -0.334 e. The molecule has 2 rings (SSSR count). The zero-order chi connectivity index (χ0) is 12.1. The van der Waals surface area contributed by atoms with Gasteiger partial charge in [-0.15, -0.1) is 0 Å². The molecule has 90 valence electrons. The lowest BCUT2D eigenvalue weighted by Gasteiger charge is -2.11. The highest BCUT2D eigenvalue weighted by Crippen LogP contribution is 2.16. The molecular weight excluding hydrogens is 216 g/mol. The van der Waals surface area contributed by atoms with Gasteiger partial charge in [0.15, 0.2) is 5.82 Å². The van der Waals surface area contributed by atoms with E-state index in [1.54, 1.807) is 0 Å². The molecule has 2 aromatic rings. The number of nitrogens with zero attached hydrogens (tertiary/aromatic N) is 3. The summed E-state index contributed by atoms with van der Waals surface area (Å²) in [6, 6.07) is 9.73. The molecule has 0 saturated heterocycles. The maximum Gasteiger partial charge on any atom is 0.257 e. The molecular formula is C12H16N4O. The zero-order valence-electron chi connectivity index (χ0n) is 9.84. The van der Waals surface area contributed by atoms with Gasteiger partial charge >= 0.3 is 0 Å². The lowest BCUT2D eigenvalue weighted by molar-refractivity contribution is 0.317. The Morgan fingerprint density at radius 1 is 1.29 bits per heavy atom. The van der Waals surface area contributed by atoms with Crippen molar-refractivity contribution in [1.29, 1.82) is 0 Å². The van der Waals surface area contributed by atoms with Crippen molar-refractivity contribution in [2.75, 3.05) is 20.1 Å². The Labute approximate surface area is 100 Å². The molecule has 0 amide bonds. The summed E-state index contributed by atoms with van der Waals surface area (Å²) >= 11 is 0. The first kappa shape index (κ1) is 11.8. The highest BCUT2D eigenvalue weighted by Gasteiger charge is 2.09. The van der Waals surface area contributed by atoms with Crippen LogP contribution in [0.4, 0.5) is 0 Å². The maximum atomic E-state index is 5.47. The average Bonchev–Trinajstić information content (AvgIpc) is 2.79. The van der Waals surface area contributed by atoms with Crippen LogP contribution in [-0.4, -0.2) is 35.2 Å². The number of aromatic nitrogens is 2. The van der Waals surface area contributed by atoms with Crippen LogP contribution in [0.2, 0.25) is 0 Å². The fourth-order valence-electron chi connectivity index (χ4n) is 1.56. The molecule has 0 unspecified atom stereocenters. The number of hydrogen-bond acceptors (Lipinski definition) is 5. The summed E-state index contributed by atoms with van der Waals surface area (Å²) in [4.78, 5) is 6.40. The van der Waals surface area contributed by atoms with Gasteiger partial charge in [0.25, 0.3) is 5.89 Å². The smallest absolute Gasteiger partial charge is 0.257 e. The number of benzene rings is 1. The number of rotatable bonds is 5. The van der Waals surface area contributed by atoms with Crippen LogP contribution in [0.1, 0.15) is 5.82 Å². The Balaban J connectivity index is 2.06. The molecule has 5 nitrogen and oxygen atoms in total. The molecule has 1 aromatic heterocycles. The average molecular weight is 232 g/mol. The molecule has 17 heavy (non-hydrogen) atoms. The first-order valence-corrected chi connectivity index (χ1v) is 5.56. The minimum absolute atomic E-state index is 0.557. The Morgan fingerprint density at radius 2 is 2.06 bits per heavy atom. The summed E-state index contributed by atoms with van der Waals surface area (Å²) in [6.07, 6.45) is 0. The van der Waals surface area contributed by atoms with Crippen molar-refractivity contribution in [3.8, 4) is 11.5 Å². The van der Waals surface area contributed by atoms with Gasteiger partial charge in [0, 0.05) is 18.7 Å². The van der Waals surface area contributed by atoms with Gasteiger partial charge in [-0.05, 0) is 19.2 Å². The van der Waals surface area contributed by atoms with Gasteiger partial charge in [-0.1, -0.05) is 23.4 Å². The Bertz CT molecular complexity index is 455. The lowest BCUT2D eigenvalue weighted by Crippen LogP contribution is -2.25. The van der Waals surface area contributed by atoms with Crippen molar-refractivity contribution in [3.63, 3.8) is 0 Å². The van der Waals surface area contributed by atoms with Crippen molar-refractivity contribution >= 4 is 0 Å². The molecule has 0 bridgehead atoms. The van der Waals surface area contributed by atoms with E-state index in [0.29, 0.717) is 24.8 Å². The van der Waals surface area contributed by atoms with Gasteiger partial charge in [-0.2, -0.15) is 4.98 Å². The van der Waals surface area contributed by atoms with Crippen LogP contribution in [0.5, 0.6) is 0 Å². The van der Waals surface area contributed by atoms with Crippen LogP contribution in [0.25, 0.3) is 11.5 Å². The van der Waals surface area contributed by atoms with Crippen LogP contribution in [-0.2, 0) is 6.54 Å². The number of likely N-dealkylation sites (N-methyl/N-ethyl adjacent to an activating group) is 1. The Hall–Kier alpha value is -1.72. The SMILES string of the molecule is CN(CCN)Cc1noc(-c2ccccc2)n1. The first-order valence-electron chi connectivity index (χ1n) is 5.56. The van der Waals surface area contributed by atoms with Crippen LogP contribution in [0.15, 0.2) is 34.9 Å². The highest BCUT2D eigenvalue weighted by atomic mass is 16.5. The number of hydrogen-bond donors (Lipinski definition) is 1. The molecule has 0 aliphatic heterocycles. The van der Waals surface area contributed by atoms with E-state index in [1.165, 1.54) is 0 Å². The van der Waals surface area contributed by atoms with E-state index < -0.39 is 0 Å². The largest absolute Gasteiger partial charge is 0.334 e. The molecule has 0 atom stereocenters. The van der Waals surface area contributed by atoms with E-state index in [-0.39, 0.29) is 0 Å². The van der Waals surface area contributed by atoms with E-state index >= 15 is 0 Å². The molecule has 2 N–H and O–H groups in total. The lowest BCUT2D eigenvalue weighted by atomic mass is 10.2. The van der Waals surface area contributed by atoms with Crippen molar-refractivity contribution in [3.05, 3.63) is 36.2 Å². The van der Waals surface area contributed by atoms with Crippen molar-refractivity contribution in [2.45, 2.75) is 6.54 Å². The number of nitrogens with two attached hydrogens (primary N) is 1. The molecule has 1 aromatic carbocycles. The monoisotopic (exact) mass is 232 g/mol. The Morgan fingerprint density at radius 3 is 2.76 bits per heavy atom. The molecule has 0 radical (unpaired) electrons. The molecule has 0 aliphatic rings. The Kier molecular flexibility index (Phi) is 3.85. The summed E-state index contributed by atoms with van der Waals surface area (Å²) in [5, 5.41) is 3.95. The molecule has 0 saturated carbocycles. The fraction of sp³-hybridized carbons (Fsp3) is 0.333. The summed E-state index contributed by atoms with van der Waals surface area (Å²) in [6.45, 7) is 2.09. The van der Waals surface area contributed by atoms with Gasteiger partial charge in [0.2, 0.25) is 0 Å². The van der Waals surface area contributed by atoms with E-state index in [1.807, 2.05) is 37.4 Å². The maximum absolute atomic E-state index is 5.47. The van der Waals surface area contributed by atoms with Crippen molar-refractivity contribution in [1.82, 2.24) is 15.0 Å². The van der Waals surface area contributed by atoms with Crippen LogP contribution >= 0.6 is 0 Å². The quantitative estimate of drug-likeness (QED) is 0.836. The normalized spacial score (nSPS) is 11.0. The minimum atomic E-state index is 0.557. The first-order chi connectivity index (χ1) is 8.29. The van der Waals surface area contributed by atoms with E-state index in [9.17, 15) is 0 Å². The van der Waals surface area contributed by atoms with Crippen molar-refractivity contribution < 1.29 is 4.52 Å². The molecule has 1 heterocycles. The summed E-state index contributed by atoms with van der Waals surface area (Å²) < 4.78 is 5.21. The zero-order valence-corrected chi connectivity index (χ0v) is 9.84. The predicted molar refractivity (Wildman–Crippen MR) is 65.1 cm³/mol. The molecule has 0 aliphatic carbocycles. The second-order valence-electron chi connectivity index (χ2n) is 3.91. The second kappa shape index (κ2) is 5.56. The highest BCUT2D eigenvalue weighted by molar-refractivity contribution is 5.51. The molecule has 5 heteroatoms. The van der Waals surface area contributed by atoms with Gasteiger partial charge in [-0.25, -0.2) is 0 Å². The van der Waals surface area contributed by atoms with Crippen molar-refractivity contribution in [2.24, 2.45) is 5.73 Å². The van der Waals surface area contributed by atoms with Crippen LogP contribution in [0.3, 0.4) is 0 Å². The standard InChI is InChI=1S/C12H16N4O/c1-16(8-7-13)9-11-14-12(17-15-11)10-5-3-2-4-6-10/h2-6H,7-9,13H2,1H3. The van der Waals surface area contributed by atoms with Gasteiger partial charge < -0.3 is 10.3 Å². The van der Waals surface area contributed by atoms with Gasteiger partial charge in [-0.3, -0.25) is 4.90 Å². The summed E-state index contributed by atoms with van der Waals surface area (Å²) in [5.41, 5.74) is 6.41. The van der Waals surface area contributed by atoms with E-state index in [2.05, 4.69) is 15.0 Å². The fourth-order valence-corrected chi connectivity index (χ4v) is 1.56. The van der Waals surface area contributed by atoms with E-state index in [4.69, 9.17) is 10.3 Å². The third kappa shape index (κ3) is 3.12. The predicted octanol–water partition coefficient (Wildman–Crippen LogP) is 1.13. The van der Waals surface area contributed by atoms with Crippen LogP contribution in [0, 0.1) is 0 Å². The van der Waals surface area contributed by atoms with Crippen LogP contribution < -0.4 is 5.73 Å². The molecule has 0 fully saturated rings. The van der Waals surface area contributed by atoms with Gasteiger partial charge in [0.1, 0.15) is 0 Å². The summed E-state index contributed by atoms with van der Waals surface area (Å²) in [7, 11) is 1.98. The topological polar surface area (TPSA) is 68.2 Å². The third-order valence-electron chi connectivity index (χ3n) is 2.41. The third-order valence-corrected chi connectivity index (χ3v) is 2.41. The second-order valence-corrected chi connectivity index (χ2v) is 3.91. The molecule has 0 spiro atoms. The van der Waals surface area contributed by atoms with E-state index in [0.717, 1.165) is 12.1 Å². The van der Waals surface area contributed by atoms with Gasteiger partial charge in [0.05, 0.1) is 6.54 Å².